The highest BCUT2D eigenvalue weighted by molar-refractivity contribution is 6.35. The molecule has 0 saturated heterocycles. The van der Waals surface area contributed by atoms with Gasteiger partial charge < -0.3 is 5.32 Å². The van der Waals surface area contributed by atoms with E-state index >= 15 is 0 Å². The first kappa shape index (κ1) is 13.5. The van der Waals surface area contributed by atoms with Crippen LogP contribution in [-0.4, -0.2) is 12.7 Å². The van der Waals surface area contributed by atoms with Gasteiger partial charge in [-0.15, -0.1) is 0 Å². The summed E-state index contributed by atoms with van der Waals surface area (Å²) in [5.41, 5.74) is 1.20. The lowest BCUT2D eigenvalue weighted by molar-refractivity contribution is -0.131. The molecule has 1 nitrogen and oxygen atoms in total. The minimum atomic E-state index is -4.17. The van der Waals surface area contributed by atoms with Crippen molar-refractivity contribution in [1.29, 1.82) is 0 Å². The van der Waals surface area contributed by atoms with Crippen LogP contribution in [0.5, 0.6) is 0 Å². The van der Waals surface area contributed by atoms with Crippen molar-refractivity contribution in [3.05, 3.63) is 27.7 Å². The van der Waals surface area contributed by atoms with E-state index in [-0.39, 0.29) is 6.54 Å². The zero-order valence-corrected chi connectivity index (χ0v) is 9.97. The lowest BCUT2D eigenvalue weighted by Gasteiger charge is -2.11. The quantitative estimate of drug-likeness (QED) is 0.843. The van der Waals surface area contributed by atoms with Crippen molar-refractivity contribution in [3.63, 3.8) is 0 Å². The molecular formula is C10H10Cl2F3N. The second-order valence-corrected chi connectivity index (χ2v) is 4.19. The van der Waals surface area contributed by atoms with Gasteiger partial charge in [0.25, 0.3) is 0 Å². The molecule has 1 aromatic carbocycles. The smallest absolute Gasteiger partial charge is 0.383 e. The van der Waals surface area contributed by atoms with E-state index in [1.165, 1.54) is 6.07 Å². The number of benzene rings is 1. The second-order valence-electron chi connectivity index (χ2n) is 3.37. The molecule has 0 aromatic heterocycles. The van der Waals surface area contributed by atoms with Crippen molar-refractivity contribution in [3.8, 4) is 0 Å². The molecule has 6 heteroatoms. The third-order valence-electron chi connectivity index (χ3n) is 1.97. The summed E-state index contributed by atoms with van der Waals surface area (Å²) in [5, 5.41) is 3.44. The minimum absolute atomic E-state index is 0.220. The van der Waals surface area contributed by atoms with Gasteiger partial charge in [0.05, 0.1) is 17.1 Å². The molecule has 0 aliphatic heterocycles. The van der Waals surface area contributed by atoms with E-state index in [4.69, 9.17) is 23.2 Å². The van der Waals surface area contributed by atoms with Gasteiger partial charge in [-0.1, -0.05) is 23.2 Å². The van der Waals surface area contributed by atoms with Crippen LogP contribution >= 0.6 is 23.2 Å². The molecule has 1 aromatic rings. The van der Waals surface area contributed by atoms with E-state index in [0.29, 0.717) is 15.7 Å². The molecule has 0 aliphatic carbocycles. The van der Waals surface area contributed by atoms with Gasteiger partial charge in [0.2, 0.25) is 0 Å². The molecule has 0 saturated carbocycles. The third-order valence-corrected chi connectivity index (χ3v) is 2.69. The Hall–Kier alpha value is -0.610. The van der Waals surface area contributed by atoms with E-state index in [2.05, 4.69) is 5.32 Å². The van der Waals surface area contributed by atoms with Crippen LogP contribution in [-0.2, 0) is 0 Å². The maximum absolute atomic E-state index is 11.9. The summed E-state index contributed by atoms with van der Waals surface area (Å²) in [4.78, 5) is 0. The van der Waals surface area contributed by atoms with Crippen molar-refractivity contribution in [2.75, 3.05) is 11.9 Å². The molecule has 0 radical (unpaired) electrons. The van der Waals surface area contributed by atoms with Crippen LogP contribution in [0.15, 0.2) is 12.1 Å². The second kappa shape index (κ2) is 5.15. The first-order chi connectivity index (χ1) is 7.29. The van der Waals surface area contributed by atoms with Crippen molar-refractivity contribution in [2.45, 2.75) is 19.5 Å². The van der Waals surface area contributed by atoms with Crippen LogP contribution in [0.1, 0.15) is 12.0 Å². The summed E-state index contributed by atoms with van der Waals surface area (Å²) in [6.45, 7) is 1.55. The monoisotopic (exact) mass is 271 g/mol. The predicted molar refractivity (Wildman–Crippen MR) is 60.4 cm³/mol. The molecular weight excluding hydrogens is 262 g/mol. The average Bonchev–Trinajstić information content (AvgIpc) is 2.11. The Bertz CT molecular complexity index is 377. The molecule has 0 fully saturated rings. The molecule has 0 spiro atoms. The van der Waals surface area contributed by atoms with Gasteiger partial charge in [0.15, 0.2) is 0 Å². The van der Waals surface area contributed by atoms with Crippen LogP contribution in [0.25, 0.3) is 0 Å². The van der Waals surface area contributed by atoms with Gasteiger partial charge in [-0.25, -0.2) is 0 Å². The normalized spacial score (nSPS) is 11.6. The van der Waals surface area contributed by atoms with Gasteiger partial charge in [-0.2, -0.15) is 13.2 Å². The van der Waals surface area contributed by atoms with Crippen LogP contribution in [0.2, 0.25) is 10.0 Å². The maximum atomic E-state index is 11.9. The predicted octanol–water partition coefficient (Wildman–Crippen LogP) is 4.67. The van der Waals surface area contributed by atoms with E-state index in [1.807, 2.05) is 0 Å². The largest absolute Gasteiger partial charge is 0.390 e. The number of nitrogens with one attached hydrogen (secondary N) is 1. The fourth-order valence-corrected chi connectivity index (χ4v) is 1.57. The minimum Gasteiger partial charge on any atom is -0.383 e. The average molecular weight is 272 g/mol. The molecule has 0 heterocycles. The first-order valence-electron chi connectivity index (χ1n) is 4.56. The molecule has 16 heavy (non-hydrogen) atoms. The van der Waals surface area contributed by atoms with Crippen molar-refractivity contribution in [2.24, 2.45) is 0 Å². The molecule has 0 aliphatic rings. The zero-order chi connectivity index (χ0) is 12.3. The fraction of sp³-hybridized carbons (Fsp3) is 0.400. The lowest BCUT2D eigenvalue weighted by atomic mass is 10.2. The summed E-state index contributed by atoms with van der Waals surface area (Å²) in [6.07, 6.45) is -5.08. The summed E-state index contributed by atoms with van der Waals surface area (Å²) in [6, 6.07) is 3.13. The van der Waals surface area contributed by atoms with Crippen LogP contribution in [0.3, 0.4) is 0 Å². The number of anilines is 1. The Morgan fingerprint density at radius 2 is 1.81 bits per heavy atom. The van der Waals surface area contributed by atoms with E-state index < -0.39 is 12.6 Å². The van der Waals surface area contributed by atoms with Crippen LogP contribution in [0.4, 0.5) is 18.9 Å². The number of halogens is 5. The zero-order valence-electron chi connectivity index (χ0n) is 8.46. The Kier molecular flexibility index (Phi) is 4.33. The van der Waals surface area contributed by atoms with Gasteiger partial charge in [0, 0.05) is 11.6 Å². The van der Waals surface area contributed by atoms with Crippen LogP contribution in [0, 0.1) is 6.92 Å². The summed E-state index contributed by atoms with van der Waals surface area (Å²) in [7, 11) is 0. The topological polar surface area (TPSA) is 12.0 Å². The molecule has 90 valence electrons. The summed E-state index contributed by atoms with van der Waals surface area (Å²) >= 11 is 11.7. The third kappa shape index (κ3) is 4.10. The number of hydrogen-bond acceptors (Lipinski definition) is 1. The Morgan fingerprint density at radius 1 is 1.19 bits per heavy atom. The Morgan fingerprint density at radius 3 is 2.38 bits per heavy atom. The van der Waals surface area contributed by atoms with Gasteiger partial charge in [0.1, 0.15) is 0 Å². The highest BCUT2D eigenvalue weighted by atomic mass is 35.5. The van der Waals surface area contributed by atoms with E-state index in [9.17, 15) is 13.2 Å². The van der Waals surface area contributed by atoms with Gasteiger partial charge in [-0.05, 0) is 24.6 Å². The standard InChI is InChI=1S/C10H10Cl2F3N/c1-6-4-8(12)9(5-7(6)11)16-3-2-10(13,14)15/h4-5,16H,2-3H2,1H3. The number of aryl methyl sites for hydroxylation is 1. The van der Waals surface area contributed by atoms with Crippen molar-refractivity contribution in [1.82, 2.24) is 0 Å². The molecule has 0 amide bonds. The first-order valence-corrected chi connectivity index (χ1v) is 5.31. The van der Waals surface area contributed by atoms with Crippen molar-refractivity contribution >= 4 is 28.9 Å². The fourth-order valence-electron chi connectivity index (χ4n) is 1.12. The highest BCUT2D eigenvalue weighted by Gasteiger charge is 2.26. The van der Waals surface area contributed by atoms with Gasteiger partial charge >= 0.3 is 6.18 Å². The summed E-state index contributed by atoms with van der Waals surface area (Å²) in [5.74, 6) is 0. The van der Waals surface area contributed by atoms with E-state index in [1.54, 1.807) is 13.0 Å². The summed E-state index contributed by atoms with van der Waals surface area (Å²) < 4.78 is 35.7. The number of hydrogen-bond donors (Lipinski definition) is 1. The van der Waals surface area contributed by atoms with Crippen LogP contribution < -0.4 is 5.32 Å². The molecule has 1 rings (SSSR count). The Labute approximate surface area is 102 Å². The number of alkyl halides is 3. The SMILES string of the molecule is Cc1cc(Cl)c(NCCC(F)(F)F)cc1Cl. The Balaban J connectivity index is 2.64. The molecule has 0 atom stereocenters. The molecule has 0 bridgehead atoms. The highest BCUT2D eigenvalue weighted by Crippen LogP contribution is 2.29. The number of rotatable bonds is 3. The molecule has 0 unspecified atom stereocenters. The van der Waals surface area contributed by atoms with Gasteiger partial charge in [-0.3, -0.25) is 0 Å². The lowest BCUT2D eigenvalue weighted by Crippen LogP contribution is -2.14. The van der Waals surface area contributed by atoms with E-state index in [0.717, 1.165) is 5.56 Å². The van der Waals surface area contributed by atoms with Crippen molar-refractivity contribution < 1.29 is 13.2 Å². The molecule has 1 N–H and O–H groups in total. The maximum Gasteiger partial charge on any atom is 0.390 e.